The van der Waals surface area contributed by atoms with Gasteiger partial charge in [0.15, 0.2) is 11.5 Å². The lowest BCUT2D eigenvalue weighted by atomic mass is 9.90. The van der Waals surface area contributed by atoms with Crippen LogP contribution in [-0.4, -0.2) is 48.8 Å². The van der Waals surface area contributed by atoms with Gasteiger partial charge in [0.1, 0.15) is 0 Å². The van der Waals surface area contributed by atoms with Crippen molar-refractivity contribution in [3.05, 3.63) is 59.2 Å². The molecule has 3 rings (SSSR count). The number of methoxy groups -OCH3 is 2. The van der Waals surface area contributed by atoms with E-state index in [4.69, 9.17) is 14.6 Å². The summed E-state index contributed by atoms with van der Waals surface area (Å²) in [5.41, 5.74) is 1.71. The van der Waals surface area contributed by atoms with Crippen molar-refractivity contribution in [1.29, 1.82) is 0 Å². The molecule has 1 fully saturated rings. The number of ether oxygens (including phenoxy) is 2. The zero-order valence-electron chi connectivity index (χ0n) is 15.8. The largest absolute Gasteiger partial charge is 0.493 e. The van der Waals surface area contributed by atoms with Crippen LogP contribution in [0.3, 0.4) is 0 Å². The van der Waals surface area contributed by atoms with Crippen LogP contribution in [0.5, 0.6) is 11.5 Å². The molecule has 0 aliphatic carbocycles. The van der Waals surface area contributed by atoms with Crippen LogP contribution >= 0.6 is 11.8 Å². The van der Waals surface area contributed by atoms with E-state index in [0.29, 0.717) is 17.1 Å². The Morgan fingerprint density at radius 2 is 1.71 bits per heavy atom. The summed E-state index contributed by atoms with van der Waals surface area (Å²) in [5.74, 6) is 2.18. The van der Waals surface area contributed by atoms with Crippen molar-refractivity contribution in [3.8, 4) is 11.5 Å². The van der Waals surface area contributed by atoms with Crippen molar-refractivity contribution in [2.45, 2.75) is 18.4 Å². The number of hydrogen-bond acceptors (Lipinski definition) is 5. The molecule has 0 unspecified atom stereocenters. The minimum atomic E-state index is -1.01. The quantitative estimate of drug-likeness (QED) is 0.772. The molecule has 2 aromatic rings. The van der Waals surface area contributed by atoms with Crippen LogP contribution in [0.25, 0.3) is 0 Å². The Kier molecular flexibility index (Phi) is 6.46. The highest BCUT2D eigenvalue weighted by molar-refractivity contribution is 7.99. The zero-order chi connectivity index (χ0) is 20.1. The number of carbonyl (C=O) groups is 2. The minimum absolute atomic E-state index is 0.00833. The molecule has 2 N–H and O–H groups in total. The Bertz CT molecular complexity index is 852. The van der Waals surface area contributed by atoms with Crippen LogP contribution in [-0.2, 0) is 0 Å². The fourth-order valence-corrected chi connectivity index (χ4v) is 4.60. The van der Waals surface area contributed by atoms with E-state index >= 15 is 0 Å². The number of aromatic carboxylic acids is 1. The van der Waals surface area contributed by atoms with Crippen molar-refractivity contribution >= 4 is 23.6 Å². The summed E-state index contributed by atoms with van der Waals surface area (Å²) in [6, 6.07) is 11.8. The number of carboxylic acid groups (broad SMARTS) is 1. The Morgan fingerprint density at radius 1 is 1.04 bits per heavy atom. The third-order valence-electron chi connectivity index (χ3n) is 4.90. The first-order chi connectivity index (χ1) is 13.5. The Balaban J connectivity index is 1.78. The molecule has 148 valence electrons. The van der Waals surface area contributed by atoms with Gasteiger partial charge in [-0.2, -0.15) is 11.8 Å². The second kappa shape index (κ2) is 9.01. The fraction of sp³-hybridized carbons (Fsp3) is 0.333. The second-order valence-electron chi connectivity index (χ2n) is 6.55. The van der Waals surface area contributed by atoms with Gasteiger partial charge >= 0.3 is 5.97 Å². The van der Waals surface area contributed by atoms with Crippen molar-refractivity contribution in [3.63, 3.8) is 0 Å². The van der Waals surface area contributed by atoms with Crippen molar-refractivity contribution in [2.24, 2.45) is 0 Å². The number of amides is 1. The third kappa shape index (κ3) is 4.42. The zero-order valence-corrected chi connectivity index (χ0v) is 16.6. The Labute approximate surface area is 168 Å². The van der Waals surface area contributed by atoms with Gasteiger partial charge in [0.05, 0.1) is 19.8 Å². The van der Waals surface area contributed by atoms with Gasteiger partial charge in [-0.3, -0.25) is 4.79 Å². The molecule has 1 saturated heterocycles. The van der Waals surface area contributed by atoms with Gasteiger partial charge in [0.25, 0.3) is 5.91 Å². The molecule has 0 spiro atoms. The van der Waals surface area contributed by atoms with E-state index in [9.17, 15) is 9.59 Å². The number of carboxylic acids is 1. The van der Waals surface area contributed by atoms with Crippen molar-refractivity contribution in [1.82, 2.24) is 5.32 Å². The lowest BCUT2D eigenvalue weighted by molar-refractivity contribution is 0.0696. The molecule has 7 heteroatoms. The number of carbonyl (C=O) groups excluding carboxylic acids is 1. The van der Waals surface area contributed by atoms with Gasteiger partial charge in [-0.1, -0.05) is 6.07 Å². The molecule has 1 aliphatic rings. The van der Waals surface area contributed by atoms with Crippen LogP contribution in [0.2, 0.25) is 0 Å². The first-order valence-corrected chi connectivity index (χ1v) is 10.1. The van der Waals surface area contributed by atoms with Crippen LogP contribution < -0.4 is 14.8 Å². The highest BCUT2D eigenvalue weighted by atomic mass is 32.2. The molecule has 2 aromatic carbocycles. The normalized spacial score (nSPS) is 18.9. The Morgan fingerprint density at radius 3 is 2.36 bits per heavy atom. The van der Waals surface area contributed by atoms with Crippen LogP contribution in [0.1, 0.15) is 38.6 Å². The number of benzene rings is 2. The molecular formula is C21H23NO5S. The van der Waals surface area contributed by atoms with E-state index in [-0.39, 0.29) is 23.4 Å². The van der Waals surface area contributed by atoms with Crippen molar-refractivity contribution < 1.29 is 24.2 Å². The number of rotatable bonds is 6. The predicted molar refractivity (Wildman–Crippen MR) is 109 cm³/mol. The molecule has 0 aromatic heterocycles. The van der Waals surface area contributed by atoms with E-state index in [1.165, 1.54) is 12.1 Å². The summed E-state index contributed by atoms with van der Waals surface area (Å²) in [5, 5.41) is 12.1. The van der Waals surface area contributed by atoms with E-state index in [1.807, 2.05) is 30.0 Å². The van der Waals surface area contributed by atoms with Gasteiger partial charge in [0.2, 0.25) is 0 Å². The van der Waals surface area contributed by atoms with Crippen LogP contribution in [0.4, 0.5) is 0 Å². The van der Waals surface area contributed by atoms with Gasteiger partial charge in [0, 0.05) is 23.3 Å². The summed E-state index contributed by atoms with van der Waals surface area (Å²) in [4.78, 5) is 23.7. The minimum Gasteiger partial charge on any atom is -0.493 e. The molecule has 1 aliphatic heterocycles. The molecule has 1 heterocycles. The summed E-state index contributed by atoms with van der Waals surface area (Å²) < 4.78 is 10.7. The van der Waals surface area contributed by atoms with E-state index in [0.717, 1.165) is 23.5 Å². The Hall–Kier alpha value is -2.67. The summed E-state index contributed by atoms with van der Waals surface area (Å²) in [7, 11) is 3.21. The topological polar surface area (TPSA) is 84.9 Å². The number of nitrogens with one attached hydrogen (secondary N) is 1. The molecule has 1 amide bonds. The molecular weight excluding hydrogens is 378 g/mol. The number of thioether (sulfide) groups is 1. The van der Waals surface area contributed by atoms with E-state index in [1.54, 1.807) is 26.4 Å². The number of hydrogen-bond donors (Lipinski definition) is 2. The average molecular weight is 401 g/mol. The maximum absolute atomic E-state index is 12.7. The lowest BCUT2D eigenvalue weighted by Gasteiger charge is -2.32. The fourth-order valence-electron chi connectivity index (χ4n) is 3.34. The first kappa shape index (κ1) is 20.1. The predicted octanol–water partition coefficient (Wildman–Crippen LogP) is 3.42. The van der Waals surface area contributed by atoms with Gasteiger partial charge < -0.3 is 19.9 Å². The van der Waals surface area contributed by atoms with E-state index in [2.05, 4.69) is 5.32 Å². The highest BCUT2D eigenvalue weighted by Gasteiger charge is 2.29. The SMILES string of the molecule is COc1ccc([C@H]2CSCC[C@H]2NC(=O)c2ccc(C(=O)O)cc2)cc1OC. The molecule has 28 heavy (non-hydrogen) atoms. The third-order valence-corrected chi connectivity index (χ3v) is 6.02. The summed E-state index contributed by atoms with van der Waals surface area (Å²) >= 11 is 1.86. The van der Waals surface area contributed by atoms with E-state index < -0.39 is 5.97 Å². The highest BCUT2D eigenvalue weighted by Crippen LogP contribution is 2.36. The summed E-state index contributed by atoms with van der Waals surface area (Å²) in [6.07, 6.45) is 0.864. The molecule has 0 radical (unpaired) electrons. The second-order valence-corrected chi connectivity index (χ2v) is 7.70. The smallest absolute Gasteiger partial charge is 0.335 e. The molecule has 6 nitrogen and oxygen atoms in total. The van der Waals surface area contributed by atoms with Gasteiger partial charge in [-0.25, -0.2) is 4.79 Å². The first-order valence-electron chi connectivity index (χ1n) is 8.97. The van der Waals surface area contributed by atoms with Crippen LogP contribution in [0.15, 0.2) is 42.5 Å². The monoisotopic (exact) mass is 401 g/mol. The lowest BCUT2D eigenvalue weighted by Crippen LogP contribution is -2.42. The van der Waals surface area contributed by atoms with Gasteiger partial charge in [-0.15, -0.1) is 0 Å². The molecule has 0 bridgehead atoms. The molecule has 0 saturated carbocycles. The molecule has 2 atom stereocenters. The standard InChI is InChI=1S/C21H23NO5S/c1-26-18-8-7-15(11-19(18)27-2)16-12-28-10-9-17(16)22-20(23)13-3-5-14(6-4-13)21(24)25/h3-8,11,16-17H,9-10,12H2,1-2H3,(H,22,23)(H,24,25)/t16-,17-/m1/s1. The average Bonchev–Trinajstić information content (AvgIpc) is 2.73. The maximum atomic E-state index is 12.7. The summed E-state index contributed by atoms with van der Waals surface area (Å²) in [6.45, 7) is 0. The van der Waals surface area contributed by atoms with Crippen molar-refractivity contribution in [2.75, 3.05) is 25.7 Å². The maximum Gasteiger partial charge on any atom is 0.335 e. The van der Waals surface area contributed by atoms with Gasteiger partial charge in [-0.05, 0) is 54.1 Å². The van der Waals surface area contributed by atoms with Crippen LogP contribution in [0, 0.1) is 0 Å².